The van der Waals surface area contributed by atoms with Crippen LogP contribution in [0.5, 0.6) is 5.75 Å². The summed E-state index contributed by atoms with van der Waals surface area (Å²) in [5, 5.41) is 5.04. The molecule has 1 nitrogen and oxygen atoms in total. The van der Waals surface area contributed by atoms with Gasteiger partial charge >= 0.3 is 0 Å². The molecule has 0 aliphatic heterocycles. The third kappa shape index (κ3) is 1.42. The van der Waals surface area contributed by atoms with Crippen molar-refractivity contribution in [1.82, 2.24) is 0 Å². The van der Waals surface area contributed by atoms with E-state index in [1.807, 2.05) is 0 Å². The fraction of sp³-hybridized carbons (Fsp3) is 0.111. The summed E-state index contributed by atoms with van der Waals surface area (Å²) in [6, 6.07) is 15.1. The molecule has 0 fully saturated rings. The highest BCUT2D eigenvalue weighted by Gasteiger charge is 2.15. The molecular formula is C18H14O. The second-order valence-corrected chi connectivity index (χ2v) is 4.97. The van der Waals surface area contributed by atoms with Crippen LogP contribution < -0.4 is 4.74 Å². The molecule has 0 aromatic heterocycles. The van der Waals surface area contributed by atoms with Gasteiger partial charge in [0.1, 0.15) is 5.75 Å². The van der Waals surface area contributed by atoms with Crippen molar-refractivity contribution in [2.24, 2.45) is 0 Å². The van der Waals surface area contributed by atoms with Gasteiger partial charge in [0.05, 0.1) is 7.11 Å². The lowest BCUT2D eigenvalue weighted by atomic mass is 9.95. The highest BCUT2D eigenvalue weighted by molar-refractivity contribution is 6.13. The first-order valence-electron chi connectivity index (χ1n) is 6.56. The second kappa shape index (κ2) is 3.86. The lowest BCUT2D eigenvalue weighted by Gasteiger charge is -2.13. The molecule has 0 N–H and O–H groups in total. The molecule has 0 unspecified atom stereocenters. The minimum Gasteiger partial charge on any atom is -0.496 e. The number of allylic oxidation sites excluding steroid dienone is 1. The lowest BCUT2D eigenvalue weighted by Crippen LogP contribution is -1.91. The van der Waals surface area contributed by atoms with Crippen LogP contribution in [0.1, 0.15) is 11.1 Å². The molecule has 0 radical (unpaired) electrons. The van der Waals surface area contributed by atoms with E-state index in [1.54, 1.807) is 7.11 Å². The van der Waals surface area contributed by atoms with Crippen LogP contribution in [0.15, 0.2) is 48.5 Å². The fourth-order valence-corrected chi connectivity index (χ4v) is 3.07. The highest BCUT2D eigenvalue weighted by Crippen LogP contribution is 2.39. The molecule has 0 saturated heterocycles. The maximum Gasteiger partial charge on any atom is 0.127 e. The maximum absolute atomic E-state index is 5.63. The lowest BCUT2D eigenvalue weighted by molar-refractivity contribution is 0.419. The van der Waals surface area contributed by atoms with Crippen LogP contribution in [0, 0.1) is 0 Å². The van der Waals surface area contributed by atoms with Crippen molar-refractivity contribution in [3.05, 3.63) is 59.7 Å². The molecule has 0 spiro atoms. The Kier molecular flexibility index (Phi) is 2.16. The molecule has 3 aromatic rings. The summed E-state index contributed by atoms with van der Waals surface area (Å²) in [4.78, 5) is 0. The number of benzene rings is 3. The zero-order valence-corrected chi connectivity index (χ0v) is 10.8. The summed E-state index contributed by atoms with van der Waals surface area (Å²) in [5.74, 6) is 0.981. The Hall–Kier alpha value is -2.28. The molecule has 0 atom stereocenters. The zero-order chi connectivity index (χ0) is 12.8. The maximum atomic E-state index is 5.63. The Morgan fingerprint density at radius 2 is 1.89 bits per heavy atom. The van der Waals surface area contributed by atoms with Gasteiger partial charge in [-0.3, -0.25) is 0 Å². The average molecular weight is 246 g/mol. The van der Waals surface area contributed by atoms with Crippen LogP contribution >= 0.6 is 0 Å². The smallest absolute Gasteiger partial charge is 0.127 e. The summed E-state index contributed by atoms with van der Waals surface area (Å²) < 4.78 is 5.63. The first-order chi connectivity index (χ1) is 9.38. The minimum absolute atomic E-state index is 0.981. The van der Waals surface area contributed by atoms with Crippen molar-refractivity contribution in [2.75, 3.05) is 7.11 Å². The molecule has 0 amide bonds. The predicted molar refractivity (Wildman–Crippen MR) is 80.7 cm³/mol. The Bertz CT molecular complexity index is 828. The molecular weight excluding hydrogens is 232 g/mol. The van der Waals surface area contributed by atoms with Gasteiger partial charge in [-0.2, -0.15) is 0 Å². The van der Waals surface area contributed by atoms with E-state index in [0.717, 1.165) is 12.2 Å². The van der Waals surface area contributed by atoms with Crippen LogP contribution in [0.4, 0.5) is 0 Å². The van der Waals surface area contributed by atoms with Gasteiger partial charge in [-0.05, 0) is 39.8 Å². The van der Waals surface area contributed by atoms with Crippen LogP contribution in [-0.2, 0) is 6.42 Å². The summed E-state index contributed by atoms with van der Waals surface area (Å²) in [7, 11) is 1.76. The molecule has 1 aliphatic rings. The van der Waals surface area contributed by atoms with Gasteiger partial charge in [0, 0.05) is 5.39 Å². The Labute approximate surface area is 112 Å². The van der Waals surface area contributed by atoms with Gasteiger partial charge < -0.3 is 4.74 Å². The van der Waals surface area contributed by atoms with E-state index in [9.17, 15) is 0 Å². The number of hydrogen-bond donors (Lipinski definition) is 0. The van der Waals surface area contributed by atoms with Gasteiger partial charge in [-0.25, -0.2) is 0 Å². The fourth-order valence-electron chi connectivity index (χ4n) is 3.07. The normalized spacial score (nSPS) is 13.1. The SMILES string of the molecule is COc1cc2c(c3ccc4ccccc4c13)C=CC2. The van der Waals surface area contributed by atoms with Crippen LogP contribution in [0.2, 0.25) is 0 Å². The third-order valence-corrected chi connectivity index (χ3v) is 3.96. The molecule has 92 valence electrons. The zero-order valence-electron chi connectivity index (χ0n) is 10.8. The van der Waals surface area contributed by atoms with Crippen molar-refractivity contribution in [3.8, 4) is 5.75 Å². The summed E-state index contributed by atoms with van der Waals surface area (Å²) in [6.45, 7) is 0. The van der Waals surface area contributed by atoms with Crippen molar-refractivity contribution < 1.29 is 4.74 Å². The van der Waals surface area contributed by atoms with Crippen molar-refractivity contribution in [3.63, 3.8) is 0 Å². The average Bonchev–Trinajstić information content (AvgIpc) is 2.94. The molecule has 0 saturated carbocycles. The third-order valence-electron chi connectivity index (χ3n) is 3.96. The molecule has 19 heavy (non-hydrogen) atoms. The van der Waals surface area contributed by atoms with Gasteiger partial charge in [0.15, 0.2) is 0 Å². The van der Waals surface area contributed by atoms with E-state index in [0.29, 0.717) is 0 Å². The van der Waals surface area contributed by atoms with E-state index in [2.05, 4.69) is 54.6 Å². The summed E-state index contributed by atoms with van der Waals surface area (Å²) in [5.41, 5.74) is 2.71. The molecule has 0 heterocycles. The largest absolute Gasteiger partial charge is 0.496 e. The van der Waals surface area contributed by atoms with Gasteiger partial charge in [0.2, 0.25) is 0 Å². The second-order valence-electron chi connectivity index (χ2n) is 4.97. The van der Waals surface area contributed by atoms with E-state index in [4.69, 9.17) is 4.74 Å². The Morgan fingerprint density at radius 1 is 1.00 bits per heavy atom. The van der Waals surface area contributed by atoms with Crippen molar-refractivity contribution in [2.45, 2.75) is 6.42 Å². The predicted octanol–water partition coefficient (Wildman–Crippen LogP) is 4.57. The van der Waals surface area contributed by atoms with Gasteiger partial charge in [0.25, 0.3) is 0 Å². The Balaban J connectivity index is 2.27. The number of hydrogen-bond acceptors (Lipinski definition) is 1. The van der Waals surface area contributed by atoms with Crippen molar-refractivity contribution in [1.29, 1.82) is 0 Å². The molecule has 4 rings (SSSR count). The summed E-state index contributed by atoms with van der Waals surface area (Å²) >= 11 is 0. The standard InChI is InChI=1S/C18H14O/c1-19-17-11-13-6-4-8-14(13)16-10-9-12-5-2-3-7-15(12)18(16)17/h2-5,7-11H,6H2,1H3. The molecule has 1 heteroatoms. The number of rotatable bonds is 1. The van der Waals surface area contributed by atoms with E-state index < -0.39 is 0 Å². The number of ether oxygens (including phenoxy) is 1. The first-order valence-corrected chi connectivity index (χ1v) is 6.56. The van der Waals surface area contributed by atoms with E-state index in [-0.39, 0.29) is 0 Å². The summed E-state index contributed by atoms with van der Waals surface area (Å²) in [6.07, 6.45) is 5.46. The number of fused-ring (bicyclic) bond motifs is 5. The molecule has 1 aliphatic carbocycles. The Morgan fingerprint density at radius 3 is 2.79 bits per heavy atom. The van der Waals surface area contributed by atoms with Gasteiger partial charge in [-0.15, -0.1) is 0 Å². The number of methoxy groups -OCH3 is 1. The highest BCUT2D eigenvalue weighted by atomic mass is 16.5. The quantitative estimate of drug-likeness (QED) is 0.571. The van der Waals surface area contributed by atoms with Crippen LogP contribution in [-0.4, -0.2) is 7.11 Å². The molecule has 3 aromatic carbocycles. The van der Waals surface area contributed by atoms with E-state index >= 15 is 0 Å². The van der Waals surface area contributed by atoms with Crippen LogP contribution in [0.3, 0.4) is 0 Å². The molecule has 0 bridgehead atoms. The van der Waals surface area contributed by atoms with Crippen LogP contribution in [0.25, 0.3) is 27.6 Å². The van der Waals surface area contributed by atoms with E-state index in [1.165, 1.54) is 32.7 Å². The minimum atomic E-state index is 0.981. The van der Waals surface area contributed by atoms with Gasteiger partial charge in [-0.1, -0.05) is 48.6 Å². The van der Waals surface area contributed by atoms with Crippen molar-refractivity contribution >= 4 is 27.6 Å². The first kappa shape index (κ1) is 10.6. The topological polar surface area (TPSA) is 9.23 Å². The monoisotopic (exact) mass is 246 g/mol.